The van der Waals surface area contributed by atoms with Gasteiger partial charge in [-0.15, -0.1) is 12.4 Å². The highest BCUT2D eigenvalue weighted by atomic mass is 35.5. The van der Waals surface area contributed by atoms with Gasteiger partial charge in [0.15, 0.2) is 5.78 Å². The summed E-state index contributed by atoms with van der Waals surface area (Å²) in [7, 11) is 2.06. The van der Waals surface area contributed by atoms with E-state index in [9.17, 15) is 9.18 Å². The summed E-state index contributed by atoms with van der Waals surface area (Å²) in [4.78, 5) is 19.2. The van der Waals surface area contributed by atoms with E-state index in [1.165, 1.54) is 24.3 Å². The Morgan fingerprint density at radius 3 is 2.56 bits per heavy atom. The van der Waals surface area contributed by atoms with Crippen LogP contribution in [-0.4, -0.2) is 36.9 Å². The van der Waals surface area contributed by atoms with Crippen LogP contribution in [0.1, 0.15) is 28.9 Å². The summed E-state index contributed by atoms with van der Waals surface area (Å²) in [5, 5.41) is 3.36. The number of carbonyl (C=O) groups is 1. The van der Waals surface area contributed by atoms with Crippen molar-refractivity contribution in [3.63, 3.8) is 0 Å². The first-order valence-electron chi connectivity index (χ1n) is 8.32. The maximum Gasteiger partial charge on any atom is 0.168 e. The van der Waals surface area contributed by atoms with Crippen molar-refractivity contribution in [3.05, 3.63) is 59.5 Å². The molecular weight excluding hydrogens is 341 g/mol. The number of ketones is 1. The van der Waals surface area contributed by atoms with Gasteiger partial charge in [0.25, 0.3) is 0 Å². The van der Waals surface area contributed by atoms with E-state index in [1.54, 1.807) is 0 Å². The number of hydrogen-bond donors (Lipinski definition) is 1. The Morgan fingerprint density at radius 2 is 1.88 bits per heavy atom. The van der Waals surface area contributed by atoms with Gasteiger partial charge >= 0.3 is 0 Å². The lowest BCUT2D eigenvalue weighted by molar-refractivity contribution is 0.0992. The van der Waals surface area contributed by atoms with Crippen LogP contribution in [0, 0.1) is 5.82 Å². The summed E-state index contributed by atoms with van der Waals surface area (Å²) in [5.74, 6) is 0.505. The second-order valence-electron chi connectivity index (χ2n) is 6.19. The van der Waals surface area contributed by atoms with Crippen molar-refractivity contribution in [3.8, 4) is 0 Å². The molecular formula is C19H23ClFN3O. The van der Waals surface area contributed by atoms with Crippen LogP contribution < -0.4 is 10.2 Å². The minimum atomic E-state index is -0.338. The molecule has 3 rings (SSSR count). The minimum Gasteiger partial charge on any atom is -0.357 e. The Hall–Kier alpha value is -1.98. The standard InChI is InChI=1S/C19H22FN3O.ClH/c1-23(17-9-11-21-12-10-17)19-4-2-3-16(22-19)13-18(24)14-5-7-15(20)8-6-14;/h2-8,17,21H,9-13H2,1H3;1H. The molecule has 1 N–H and O–H groups in total. The molecule has 0 radical (unpaired) electrons. The fourth-order valence-corrected chi connectivity index (χ4v) is 3.05. The second kappa shape index (κ2) is 8.92. The van der Waals surface area contributed by atoms with Gasteiger partial charge in [0.05, 0.1) is 12.1 Å². The lowest BCUT2D eigenvalue weighted by atomic mass is 10.0. The summed E-state index contributed by atoms with van der Waals surface area (Å²) in [6.45, 7) is 2.05. The number of Topliss-reactive ketones (excluding diaryl/α,β-unsaturated/α-hetero) is 1. The van der Waals surface area contributed by atoms with Crippen molar-refractivity contribution in [2.75, 3.05) is 25.0 Å². The topological polar surface area (TPSA) is 45.2 Å². The Kier molecular flexibility index (Phi) is 6.91. The number of pyridine rings is 1. The molecule has 6 heteroatoms. The number of rotatable bonds is 5. The molecule has 134 valence electrons. The van der Waals surface area contributed by atoms with Crippen LogP contribution in [0.3, 0.4) is 0 Å². The van der Waals surface area contributed by atoms with E-state index in [0.29, 0.717) is 11.6 Å². The van der Waals surface area contributed by atoms with Crippen LogP contribution in [0.15, 0.2) is 42.5 Å². The van der Waals surface area contributed by atoms with Crippen molar-refractivity contribution in [2.45, 2.75) is 25.3 Å². The monoisotopic (exact) mass is 363 g/mol. The summed E-state index contributed by atoms with van der Waals surface area (Å²) in [6, 6.07) is 11.9. The molecule has 0 aliphatic carbocycles. The van der Waals surface area contributed by atoms with Crippen LogP contribution in [-0.2, 0) is 6.42 Å². The minimum absolute atomic E-state index is 0. The second-order valence-corrected chi connectivity index (χ2v) is 6.19. The van der Waals surface area contributed by atoms with Crippen LogP contribution in [0.25, 0.3) is 0 Å². The van der Waals surface area contributed by atoms with Gasteiger partial charge in [-0.2, -0.15) is 0 Å². The molecule has 1 aromatic carbocycles. The van der Waals surface area contributed by atoms with E-state index in [-0.39, 0.29) is 30.4 Å². The normalized spacial score (nSPS) is 14.6. The van der Waals surface area contributed by atoms with E-state index in [2.05, 4.69) is 22.2 Å². The summed E-state index contributed by atoms with van der Waals surface area (Å²) < 4.78 is 13.0. The van der Waals surface area contributed by atoms with Crippen molar-refractivity contribution in [1.82, 2.24) is 10.3 Å². The zero-order valence-electron chi connectivity index (χ0n) is 14.2. The predicted octanol–water partition coefficient (Wildman–Crippen LogP) is 3.26. The predicted molar refractivity (Wildman–Crippen MR) is 100 cm³/mol. The molecule has 1 aliphatic heterocycles. The first-order valence-corrected chi connectivity index (χ1v) is 8.32. The molecule has 0 unspecified atom stereocenters. The number of halogens is 2. The number of hydrogen-bond acceptors (Lipinski definition) is 4. The van der Waals surface area contributed by atoms with Gasteiger partial charge in [0.1, 0.15) is 11.6 Å². The van der Waals surface area contributed by atoms with Crippen LogP contribution >= 0.6 is 12.4 Å². The highest BCUT2D eigenvalue weighted by Gasteiger charge is 2.19. The third-order valence-corrected chi connectivity index (χ3v) is 4.52. The number of nitrogens with one attached hydrogen (secondary N) is 1. The molecule has 0 atom stereocenters. The molecule has 1 fully saturated rings. The van der Waals surface area contributed by atoms with Crippen molar-refractivity contribution in [1.29, 1.82) is 0 Å². The third-order valence-electron chi connectivity index (χ3n) is 4.52. The fourth-order valence-electron chi connectivity index (χ4n) is 3.05. The summed E-state index contributed by atoms with van der Waals surface area (Å²) >= 11 is 0. The average molecular weight is 364 g/mol. The van der Waals surface area contributed by atoms with E-state index in [4.69, 9.17) is 0 Å². The number of aromatic nitrogens is 1. The van der Waals surface area contributed by atoms with Gasteiger partial charge in [-0.1, -0.05) is 6.07 Å². The van der Waals surface area contributed by atoms with E-state index in [0.717, 1.165) is 37.4 Å². The Balaban J connectivity index is 0.00000225. The van der Waals surface area contributed by atoms with Gasteiger partial charge in [-0.05, 0) is 62.3 Å². The number of benzene rings is 1. The molecule has 0 saturated carbocycles. The van der Waals surface area contributed by atoms with Crippen molar-refractivity contribution < 1.29 is 9.18 Å². The van der Waals surface area contributed by atoms with Crippen LogP contribution in [0.4, 0.5) is 10.2 Å². The number of piperidine rings is 1. The third kappa shape index (κ3) is 5.00. The summed E-state index contributed by atoms with van der Waals surface area (Å²) in [6.07, 6.45) is 2.41. The SMILES string of the molecule is CN(c1cccc(CC(=O)c2ccc(F)cc2)n1)C1CCNCC1.Cl. The van der Waals surface area contributed by atoms with Crippen molar-refractivity contribution >= 4 is 24.0 Å². The first kappa shape index (κ1) is 19.3. The summed E-state index contributed by atoms with van der Waals surface area (Å²) in [5.41, 5.74) is 1.25. The van der Waals surface area contributed by atoms with E-state index < -0.39 is 0 Å². The zero-order chi connectivity index (χ0) is 16.9. The number of carbonyl (C=O) groups excluding carboxylic acids is 1. The molecule has 1 aromatic heterocycles. The zero-order valence-corrected chi connectivity index (χ0v) is 15.1. The van der Waals surface area contributed by atoms with Crippen LogP contribution in [0.5, 0.6) is 0 Å². The van der Waals surface area contributed by atoms with Gasteiger partial charge in [0, 0.05) is 18.7 Å². The number of anilines is 1. The molecule has 1 aliphatic rings. The first-order chi connectivity index (χ1) is 11.6. The van der Waals surface area contributed by atoms with E-state index in [1.807, 2.05) is 18.2 Å². The molecule has 0 spiro atoms. The molecule has 0 bridgehead atoms. The van der Waals surface area contributed by atoms with Gasteiger partial charge < -0.3 is 10.2 Å². The van der Waals surface area contributed by atoms with Gasteiger partial charge in [-0.3, -0.25) is 4.79 Å². The molecule has 2 heterocycles. The largest absolute Gasteiger partial charge is 0.357 e. The molecule has 1 saturated heterocycles. The maximum atomic E-state index is 13.0. The highest BCUT2D eigenvalue weighted by molar-refractivity contribution is 5.97. The lowest BCUT2D eigenvalue weighted by Crippen LogP contribution is -2.41. The smallest absolute Gasteiger partial charge is 0.168 e. The Labute approximate surface area is 153 Å². The van der Waals surface area contributed by atoms with E-state index >= 15 is 0 Å². The molecule has 0 amide bonds. The average Bonchev–Trinajstić information content (AvgIpc) is 2.62. The highest BCUT2D eigenvalue weighted by Crippen LogP contribution is 2.19. The Bertz CT molecular complexity index is 702. The molecule has 2 aromatic rings. The lowest BCUT2D eigenvalue weighted by Gasteiger charge is -2.32. The number of nitrogens with zero attached hydrogens (tertiary/aromatic N) is 2. The quantitative estimate of drug-likeness (QED) is 0.828. The Morgan fingerprint density at radius 1 is 1.20 bits per heavy atom. The fraction of sp³-hybridized carbons (Fsp3) is 0.368. The van der Waals surface area contributed by atoms with Crippen molar-refractivity contribution in [2.24, 2.45) is 0 Å². The van der Waals surface area contributed by atoms with Crippen LogP contribution in [0.2, 0.25) is 0 Å². The maximum absolute atomic E-state index is 13.0. The molecule has 4 nitrogen and oxygen atoms in total. The van der Waals surface area contributed by atoms with Gasteiger partial charge in [0.2, 0.25) is 0 Å². The van der Waals surface area contributed by atoms with Gasteiger partial charge in [-0.25, -0.2) is 9.37 Å². The molecule has 25 heavy (non-hydrogen) atoms.